The van der Waals surface area contributed by atoms with Gasteiger partial charge in [-0.1, -0.05) is 12.7 Å². The molecule has 4 atom stereocenters. The van der Waals surface area contributed by atoms with Crippen LogP contribution in [-0.4, -0.2) is 90.3 Å². The molecule has 0 N–H and O–H groups in total. The van der Waals surface area contributed by atoms with Crippen molar-refractivity contribution in [2.75, 3.05) is 41.1 Å². The Bertz CT molecular complexity index is 908. The van der Waals surface area contributed by atoms with Gasteiger partial charge < -0.3 is 27.5 Å². The van der Waals surface area contributed by atoms with Crippen LogP contribution in [0.15, 0.2) is 24.3 Å². The van der Waals surface area contributed by atoms with Crippen LogP contribution in [-0.2, 0) is 46.7 Å². The van der Waals surface area contributed by atoms with Crippen molar-refractivity contribution >= 4 is 32.6 Å². The average molecular weight is 526 g/mol. The molecule has 2 bridgehead atoms. The third-order valence-electron chi connectivity index (χ3n) is 6.86. The van der Waals surface area contributed by atoms with Crippen molar-refractivity contribution in [1.82, 2.24) is 4.90 Å². The second-order valence-electron chi connectivity index (χ2n) is 9.16. The van der Waals surface area contributed by atoms with E-state index in [2.05, 4.69) is 6.58 Å². The summed E-state index contributed by atoms with van der Waals surface area (Å²) in [5.74, 6) is -3.00. The van der Waals surface area contributed by atoms with Crippen LogP contribution in [0.3, 0.4) is 0 Å². The summed E-state index contributed by atoms with van der Waals surface area (Å²) in [6.07, 6.45) is 4.77. The number of esters is 2. The highest BCUT2D eigenvalue weighted by atomic mass is 28.4. The molecule has 2 saturated heterocycles. The molecule has 0 radical (unpaired) electrons. The third-order valence-corrected chi connectivity index (χ3v) is 9.69. The Morgan fingerprint density at radius 2 is 1.78 bits per heavy atom. The normalized spacial score (nSPS) is 26.4. The lowest BCUT2D eigenvalue weighted by molar-refractivity contribution is -0.153. The predicted octanol–water partition coefficient (Wildman–Crippen LogP) is 1.40. The fourth-order valence-electron chi connectivity index (χ4n) is 4.90. The summed E-state index contributed by atoms with van der Waals surface area (Å²) in [6, 6.07) is 0.596. The maximum Gasteiger partial charge on any atom is 0.500 e. The van der Waals surface area contributed by atoms with Crippen molar-refractivity contribution in [2.45, 2.75) is 50.4 Å². The van der Waals surface area contributed by atoms with Gasteiger partial charge in [0.2, 0.25) is 11.8 Å². The Kier molecular flexibility index (Phi) is 9.22. The number of hydrogen-bond donors (Lipinski definition) is 0. The summed E-state index contributed by atoms with van der Waals surface area (Å²) in [7, 11) is 1.99. The molecule has 3 rings (SSSR count). The number of likely N-dealkylation sites (tertiary alicyclic amines) is 1. The SMILES string of the molecule is C=C(C)C(=O)OCC12C=CC(O1)C1C(=O)N(CCCOC(=O)CCCC[Si](OC)(OC)OC)C(=O)C12. The molecule has 11 nitrogen and oxygen atoms in total. The first-order valence-corrected chi connectivity index (χ1v) is 13.9. The van der Waals surface area contributed by atoms with E-state index in [4.69, 9.17) is 27.5 Å². The fraction of sp³-hybridized carbons (Fsp3) is 0.667. The molecule has 0 aromatic carbocycles. The first kappa shape index (κ1) is 28.2. The predicted molar refractivity (Wildman–Crippen MR) is 127 cm³/mol. The molecule has 2 fully saturated rings. The second-order valence-corrected chi connectivity index (χ2v) is 12.3. The van der Waals surface area contributed by atoms with Crippen LogP contribution in [0.5, 0.6) is 0 Å². The van der Waals surface area contributed by atoms with Crippen molar-refractivity contribution in [2.24, 2.45) is 11.8 Å². The van der Waals surface area contributed by atoms with E-state index in [0.717, 1.165) is 0 Å². The van der Waals surface area contributed by atoms with E-state index in [-0.39, 0.29) is 49.5 Å². The third kappa shape index (κ3) is 5.62. The zero-order chi connectivity index (χ0) is 26.5. The zero-order valence-electron chi connectivity index (χ0n) is 21.3. The summed E-state index contributed by atoms with van der Waals surface area (Å²) in [4.78, 5) is 51.2. The van der Waals surface area contributed by atoms with Crippen LogP contribution in [0.2, 0.25) is 6.04 Å². The number of rotatable bonds is 15. The topological polar surface area (TPSA) is 127 Å². The van der Waals surface area contributed by atoms with Crippen LogP contribution in [0.4, 0.5) is 0 Å². The van der Waals surface area contributed by atoms with Gasteiger partial charge in [0.05, 0.1) is 24.5 Å². The Balaban J connectivity index is 1.42. The number of imide groups is 1. The summed E-state index contributed by atoms with van der Waals surface area (Å²) >= 11 is 0. The smallest absolute Gasteiger partial charge is 0.466 e. The average Bonchev–Trinajstić information content (AvgIpc) is 3.51. The van der Waals surface area contributed by atoms with Gasteiger partial charge in [-0.15, -0.1) is 0 Å². The van der Waals surface area contributed by atoms with Crippen LogP contribution < -0.4 is 0 Å². The molecule has 0 saturated carbocycles. The van der Waals surface area contributed by atoms with Gasteiger partial charge in [0, 0.05) is 45.9 Å². The van der Waals surface area contributed by atoms with Gasteiger partial charge in [-0.3, -0.25) is 19.3 Å². The first-order chi connectivity index (χ1) is 17.1. The Labute approximate surface area is 212 Å². The Morgan fingerprint density at radius 3 is 2.42 bits per heavy atom. The van der Waals surface area contributed by atoms with Crippen molar-refractivity contribution < 1.29 is 46.7 Å². The molecule has 0 aromatic rings. The summed E-state index contributed by atoms with van der Waals surface area (Å²) in [6.45, 7) is 5.14. The Hall–Kier alpha value is -2.38. The molecule has 3 aliphatic heterocycles. The number of nitrogens with zero attached hydrogens (tertiary/aromatic N) is 1. The minimum Gasteiger partial charge on any atom is -0.466 e. The number of ether oxygens (including phenoxy) is 3. The number of unbranched alkanes of at least 4 members (excludes halogenated alkanes) is 1. The summed E-state index contributed by atoms with van der Waals surface area (Å²) in [5, 5.41) is 0. The standard InChI is InChI=1S/C24H35NO10Si/c1-16(2)23(29)34-15-24-11-10-17(35-24)19-20(24)22(28)25(21(19)27)12-8-13-33-18(26)9-6-7-14-36(30-3,31-4)32-5/h10-11,17,19-20H,1,6-9,12-15H2,2-5H3. The van der Waals surface area contributed by atoms with E-state index in [1.54, 1.807) is 33.5 Å². The minimum atomic E-state index is -2.65. The number of fused-ring (bicyclic) bond motifs is 5. The van der Waals surface area contributed by atoms with Gasteiger partial charge in [0.25, 0.3) is 0 Å². The van der Waals surface area contributed by atoms with Crippen LogP contribution in [0, 0.1) is 11.8 Å². The highest BCUT2D eigenvalue weighted by Crippen LogP contribution is 2.51. The van der Waals surface area contributed by atoms with E-state index >= 15 is 0 Å². The molecule has 2 amide bonds. The lowest BCUT2D eigenvalue weighted by atomic mass is 9.77. The lowest BCUT2D eigenvalue weighted by Gasteiger charge is -2.28. The van der Waals surface area contributed by atoms with E-state index in [9.17, 15) is 19.2 Å². The zero-order valence-corrected chi connectivity index (χ0v) is 22.3. The lowest BCUT2D eigenvalue weighted by Crippen LogP contribution is -2.44. The van der Waals surface area contributed by atoms with Gasteiger partial charge >= 0.3 is 20.7 Å². The van der Waals surface area contributed by atoms with Crippen LogP contribution in [0.25, 0.3) is 0 Å². The summed E-state index contributed by atoms with van der Waals surface area (Å²) < 4.78 is 32.5. The van der Waals surface area contributed by atoms with Gasteiger partial charge in [0.15, 0.2) is 0 Å². The quantitative estimate of drug-likeness (QED) is 0.0773. The van der Waals surface area contributed by atoms with Crippen LogP contribution >= 0.6 is 0 Å². The van der Waals surface area contributed by atoms with Gasteiger partial charge in [0.1, 0.15) is 12.2 Å². The number of carbonyl (C=O) groups excluding carboxylic acids is 4. The van der Waals surface area contributed by atoms with Crippen molar-refractivity contribution in [1.29, 1.82) is 0 Å². The van der Waals surface area contributed by atoms with E-state index in [0.29, 0.717) is 25.3 Å². The van der Waals surface area contributed by atoms with Crippen molar-refractivity contribution in [3.63, 3.8) is 0 Å². The van der Waals surface area contributed by atoms with Gasteiger partial charge in [-0.2, -0.15) is 0 Å². The summed E-state index contributed by atoms with van der Waals surface area (Å²) in [5.41, 5.74) is -0.914. The molecule has 12 heteroatoms. The fourth-order valence-corrected chi connectivity index (χ4v) is 6.69. The second kappa shape index (κ2) is 11.8. The van der Waals surface area contributed by atoms with Gasteiger partial charge in [-0.05, 0) is 32.3 Å². The molecular formula is C24H35NO10Si. The van der Waals surface area contributed by atoms with E-state index < -0.39 is 38.3 Å². The minimum absolute atomic E-state index is 0.0949. The number of amides is 2. The highest BCUT2D eigenvalue weighted by molar-refractivity contribution is 6.60. The van der Waals surface area contributed by atoms with Crippen molar-refractivity contribution in [3.8, 4) is 0 Å². The van der Waals surface area contributed by atoms with Crippen molar-refractivity contribution in [3.05, 3.63) is 24.3 Å². The molecular weight excluding hydrogens is 490 g/mol. The molecule has 3 heterocycles. The first-order valence-electron chi connectivity index (χ1n) is 12.0. The van der Waals surface area contributed by atoms with E-state index in [1.165, 1.54) is 11.8 Å². The molecule has 0 spiro atoms. The molecule has 4 unspecified atom stereocenters. The maximum absolute atomic E-state index is 13.1. The van der Waals surface area contributed by atoms with Crippen LogP contribution in [0.1, 0.15) is 32.6 Å². The molecule has 3 aliphatic rings. The molecule has 0 aromatic heterocycles. The molecule has 36 heavy (non-hydrogen) atoms. The Morgan fingerprint density at radius 1 is 1.08 bits per heavy atom. The van der Waals surface area contributed by atoms with E-state index in [1.807, 2.05) is 0 Å². The maximum atomic E-state index is 13.1. The molecule has 200 valence electrons. The monoisotopic (exact) mass is 525 g/mol. The number of carbonyl (C=O) groups is 4. The largest absolute Gasteiger partial charge is 0.500 e. The number of hydrogen-bond acceptors (Lipinski definition) is 10. The highest BCUT2D eigenvalue weighted by Gasteiger charge is 2.67. The van der Waals surface area contributed by atoms with Gasteiger partial charge in [-0.25, -0.2) is 4.79 Å². The molecule has 0 aliphatic carbocycles.